The van der Waals surface area contributed by atoms with E-state index >= 15 is 0 Å². The number of nitrogens with one attached hydrogen (secondary N) is 6. The molecule has 0 aliphatic heterocycles. The third kappa shape index (κ3) is 58.7. The Labute approximate surface area is 780 Å². The van der Waals surface area contributed by atoms with Crippen molar-refractivity contribution in [2.24, 2.45) is 0 Å². The van der Waals surface area contributed by atoms with Crippen LogP contribution in [0.2, 0.25) is 0 Å². The van der Waals surface area contributed by atoms with E-state index in [9.17, 15) is 0 Å². The van der Waals surface area contributed by atoms with Crippen LogP contribution in [-0.2, 0) is 0 Å². The van der Waals surface area contributed by atoms with Gasteiger partial charge in [0.1, 0.15) is 31.5 Å². The number of oxazole rings is 2. The van der Waals surface area contributed by atoms with E-state index in [4.69, 9.17) is 0 Å². The Morgan fingerprint density at radius 2 is 0.748 bits per heavy atom. The molecule has 0 spiro atoms. The zero-order valence-electron chi connectivity index (χ0n) is 70.3. The summed E-state index contributed by atoms with van der Waals surface area (Å²) in [5, 5.41) is 23.1. The molecule has 22 heterocycles. The summed E-state index contributed by atoms with van der Waals surface area (Å²) in [6.07, 6.45) is 68.3. The minimum absolute atomic E-state index is 0.949. The SMILES string of the molecule is c1c[nH]cn1.c1c[nH]cn1.c1cc2sccc2s1.c1cc[nH]c1.c1ccc2[nH]ccc2c1.c1ccc2[nH]cnc2c1.c1ccc2nccnc2c1.c1ccc2sccc2c1.c1ccncc1.c1ccncc1.c1ccoc1.c1ccsc1.c1cn[nH]c1.c1cnccn1.c1cncnc1.c1cncnc1.c1cncnc1.c1cnsc1.c1cocn1.c1cocn1.c1cscn1. The Morgan fingerprint density at radius 3 is 1.06 bits per heavy atom. The van der Waals surface area contributed by atoms with Crippen molar-refractivity contribution >= 4 is 121 Å². The molecule has 131 heavy (non-hydrogen) atoms. The third-order valence-corrected chi connectivity index (χ3v) is 18.1. The molecule has 29 nitrogen and oxygen atoms in total. The van der Waals surface area contributed by atoms with E-state index in [0.717, 1.165) is 22.1 Å². The molecular weight excluding hydrogens is 1760 g/mol. The molecule has 660 valence electrons. The van der Waals surface area contributed by atoms with Gasteiger partial charge in [-0.2, -0.15) is 16.4 Å². The zero-order valence-corrected chi connectivity index (χ0v) is 75.2. The maximum atomic E-state index is 4.58. The molecule has 26 rings (SSSR count). The molecule has 22 aromatic heterocycles. The smallest absolute Gasteiger partial charge is 0.180 e. The molecule has 0 atom stereocenters. The summed E-state index contributed by atoms with van der Waals surface area (Å²) in [7, 11) is 0. The molecule has 0 aliphatic carbocycles. The van der Waals surface area contributed by atoms with Gasteiger partial charge in [-0.25, -0.2) is 59.2 Å². The Morgan fingerprint density at radius 1 is 0.237 bits per heavy atom. The minimum Gasteiger partial charge on any atom is -0.473 e. The largest absolute Gasteiger partial charge is 0.473 e. The molecule has 0 saturated heterocycles. The molecule has 0 aliphatic rings. The van der Waals surface area contributed by atoms with Gasteiger partial charge in [0.25, 0.3) is 0 Å². The van der Waals surface area contributed by atoms with E-state index in [1.807, 2.05) is 186 Å². The number of H-pyrrole nitrogens is 6. The molecule has 26 aromatic rings. The van der Waals surface area contributed by atoms with Gasteiger partial charge in [0.15, 0.2) is 12.8 Å². The Bertz CT molecular complexity index is 4960. The highest BCUT2D eigenvalue weighted by molar-refractivity contribution is 7.25. The van der Waals surface area contributed by atoms with Crippen LogP contribution in [0.15, 0.2) is 536 Å². The highest BCUT2D eigenvalue weighted by Crippen LogP contribution is 2.25. The molecule has 0 saturated carbocycles. The van der Waals surface area contributed by atoms with Gasteiger partial charge >= 0.3 is 0 Å². The van der Waals surface area contributed by atoms with Crippen molar-refractivity contribution < 1.29 is 13.3 Å². The van der Waals surface area contributed by atoms with Crippen LogP contribution >= 0.6 is 68.2 Å². The average Bonchev–Trinajstić information content (AvgIpc) is 1.85. The summed E-state index contributed by atoms with van der Waals surface area (Å²) < 4.78 is 21.5. The van der Waals surface area contributed by atoms with Crippen molar-refractivity contribution in [1.29, 1.82) is 0 Å². The highest BCUT2D eigenvalue weighted by Gasteiger charge is 1.93. The van der Waals surface area contributed by atoms with Gasteiger partial charge in [-0.15, -0.1) is 45.3 Å². The van der Waals surface area contributed by atoms with Gasteiger partial charge in [0.05, 0.1) is 71.5 Å². The number of aromatic nitrogens is 26. The molecule has 0 amide bonds. The van der Waals surface area contributed by atoms with Crippen molar-refractivity contribution in [1.82, 2.24) is 129 Å². The fraction of sp³-hybridized carbons (Fsp3) is 0. The van der Waals surface area contributed by atoms with E-state index in [1.165, 1.54) is 86.2 Å². The number of fused-ring (bicyclic) bond motifs is 5. The van der Waals surface area contributed by atoms with Crippen LogP contribution in [0, 0.1) is 0 Å². The van der Waals surface area contributed by atoms with Gasteiger partial charge in [-0.05, 0) is 189 Å². The number of nitrogens with zero attached hydrogens (tertiary/aromatic N) is 20. The van der Waals surface area contributed by atoms with Crippen LogP contribution in [-0.4, -0.2) is 129 Å². The highest BCUT2D eigenvalue weighted by atomic mass is 32.1. The van der Waals surface area contributed by atoms with Gasteiger partial charge in [0, 0.05) is 198 Å². The van der Waals surface area contributed by atoms with E-state index in [-0.39, 0.29) is 0 Å². The third-order valence-electron chi connectivity index (χ3n) is 13.6. The lowest BCUT2D eigenvalue weighted by Crippen LogP contribution is -1.78. The summed E-state index contributed by atoms with van der Waals surface area (Å²) in [5.74, 6) is 0. The van der Waals surface area contributed by atoms with Crippen molar-refractivity contribution in [3.8, 4) is 0 Å². The molecular formula is C96H92N26O3S6. The first-order valence-corrected chi connectivity index (χ1v) is 44.2. The first kappa shape index (κ1) is 103. The quantitative estimate of drug-likeness (QED) is 0.0821. The van der Waals surface area contributed by atoms with Crippen molar-refractivity contribution in [2.75, 3.05) is 0 Å². The fourth-order valence-electron chi connectivity index (χ4n) is 8.11. The number of thiophene rings is 4. The molecule has 0 unspecified atom stereocenters. The summed E-state index contributed by atoms with van der Waals surface area (Å²) in [6.45, 7) is 0. The molecule has 4 aromatic carbocycles. The maximum absolute atomic E-state index is 4.58. The van der Waals surface area contributed by atoms with Crippen molar-refractivity contribution in [3.05, 3.63) is 523 Å². The van der Waals surface area contributed by atoms with E-state index in [0.29, 0.717) is 0 Å². The number of hydrogen-bond acceptors (Lipinski definition) is 29. The molecule has 35 heteroatoms. The molecule has 0 fully saturated rings. The lowest BCUT2D eigenvalue weighted by Gasteiger charge is -1.90. The minimum atomic E-state index is 0.949. The van der Waals surface area contributed by atoms with Crippen LogP contribution in [0.25, 0.3) is 52.5 Å². The summed E-state index contributed by atoms with van der Waals surface area (Å²) >= 11 is 10.2. The molecule has 0 bridgehead atoms. The Balaban J connectivity index is 0.000000213. The van der Waals surface area contributed by atoms with Gasteiger partial charge in [-0.3, -0.25) is 40.0 Å². The molecule has 0 radical (unpaired) electrons. The van der Waals surface area contributed by atoms with E-state index < -0.39 is 0 Å². The number of imidazole rings is 3. The van der Waals surface area contributed by atoms with Crippen LogP contribution < -0.4 is 0 Å². The van der Waals surface area contributed by atoms with E-state index in [2.05, 4.69) is 219 Å². The van der Waals surface area contributed by atoms with Crippen LogP contribution in [0.3, 0.4) is 0 Å². The van der Waals surface area contributed by atoms with Crippen LogP contribution in [0.5, 0.6) is 0 Å². The second-order valence-electron chi connectivity index (χ2n) is 22.7. The van der Waals surface area contributed by atoms with Gasteiger partial charge in [-0.1, -0.05) is 84.9 Å². The number of rotatable bonds is 0. The van der Waals surface area contributed by atoms with Crippen molar-refractivity contribution in [3.63, 3.8) is 0 Å². The first-order chi connectivity index (χ1) is 65.3. The number of benzene rings is 4. The topological polar surface area (TPSA) is 392 Å². The number of pyridine rings is 2. The standard InChI is InChI=1S/C8H6N2.C8H7N.C8H6S.C7H6N2.C6H4S2.2C5H5N.4C4H4N2.C4H5N.C4H4O.C4H4S.3C3H4N2.2C3H3NO.2C3H3NS/c1-2-4-8-7(3-1)9-5-6-10-8;2*1-2-4-8-7(3-1)5-6-9-8;1-2-4-7-6(3-1)8-5-9-7;1-3-7-6-2-4-8-5(1)6;2*1-2-4-6-5-3-1;1-2-6-4-3-5-1;3*1-2-5-4-6-3-1;3*1-2-4-5-3-1;2*1-2-5-3-4-1;1-2-4-5-3-1;3*1-2-5-3-4-1;1-2-4-5-3-1/h1-6H;1-6,9H;1-6H;1-5H,(H,8,9);1-4H;2*1-5H;4*1-4H;1-5H;2*1-4H;3*1-3H,(H,4,5);4*1-3H. The number of thiazole rings is 1. The van der Waals surface area contributed by atoms with Crippen LogP contribution in [0.1, 0.15) is 0 Å². The maximum Gasteiger partial charge on any atom is 0.180 e. The summed E-state index contributed by atoms with van der Waals surface area (Å²) in [5.41, 5.74) is 7.02. The first-order valence-electron chi connectivity index (χ1n) is 38.8. The Kier molecular flexibility index (Phi) is 62.0. The fourth-order valence-corrected chi connectivity index (χ4v) is 11.9. The Hall–Kier alpha value is -17.0. The number of para-hydroxylation sites is 5. The van der Waals surface area contributed by atoms with Gasteiger partial charge < -0.3 is 38.2 Å². The van der Waals surface area contributed by atoms with Crippen molar-refractivity contribution in [2.45, 2.75) is 0 Å². The zero-order chi connectivity index (χ0) is 91.3. The average molecular weight is 1850 g/mol. The summed E-state index contributed by atoms with van der Waals surface area (Å²) in [6, 6.07) is 73.0. The second kappa shape index (κ2) is 79.0. The lowest BCUT2D eigenvalue weighted by atomic mass is 10.3. The lowest BCUT2D eigenvalue weighted by molar-refractivity contribution is 0.557. The summed E-state index contributed by atoms with van der Waals surface area (Å²) in [4.78, 5) is 82.0. The number of hydrogen-bond donors (Lipinski definition) is 6. The number of furan rings is 1. The molecule has 6 N–H and O–H groups in total. The van der Waals surface area contributed by atoms with E-state index in [1.54, 1.807) is 273 Å². The monoisotopic (exact) mass is 1850 g/mol. The predicted octanol–water partition coefficient (Wildman–Crippen LogP) is 24.2. The van der Waals surface area contributed by atoms with Crippen LogP contribution in [0.4, 0.5) is 0 Å². The predicted molar refractivity (Wildman–Crippen MR) is 529 cm³/mol. The van der Waals surface area contributed by atoms with Gasteiger partial charge in [0.2, 0.25) is 0 Å². The normalized spacial score (nSPS) is 8.76. The second-order valence-corrected chi connectivity index (χ2v) is 27.8. The number of aromatic amines is 6.